The van der Waals surface area contributed by atoms with E-state index in [1.165, 1.54) is 0 Å². The largest absolute Gasteiger partial charge is 0.416 e. The van der Waals surface area contributed by atoms with Crippen LogP contribution in [0.4, 0.5) is 0 Å². The molecule has 2 amide bonds. The maximum atomic E-state index is 12.7. The van der Waals surface area contributed by atoms with Crippen LogP contribution in [0.15, 0.2) is 0 Å². The molecule has 0 saturated heterocycles. The van der Waals surface area contributed by atoms with Crippen LogP contribution < -0.4 is 10.6 Å². The standard InChI is InChI=1S/C22H48N2O4Si2/c1-13-15(21(9,10)27-29-19(3,4)5)23-17(25)18(26)24-16(14-2)22(11,12)28-30-20(6,7)8/h15-16H,13-14,29-30H2,1-12H3,(H,23,25)(H,24,26)/t15-,16-/m0/s1. The second kappa shape index (κ2) is 11.2. The lowest BCUT2D eigenvalue weighted by Gasteiger charge is -2.38. The molecule has 0 aliphatic rings. The summed E-state index contributed by atoms with van der Waals surface area (Å²) in [6.45, 7) is 24.9. The highest BCUT2D eigenvalue weighted by Gasteiger charge is 2.36. The number of carbonyl (C=O) groups excluding carboxylic acids is 2. The zero-order chi connectivity index (χ0) is 24.0. The van der Waals surface area contributed by atoms with Gasteiger partial charge >= 0.3 is 11.8 Å². The van der Waals surface area contributed by atoms with Gasteiger partial charge in [0, 0.05) is 0 Å². The second-order valence-corrected chi connectivity index (χ2v) is 17.2. The third kappa shape index (κ3) is 11.1. The highest BCUT2D eigenvalue weighted by molar-refractivity contribution is 6.35. The Morgan fingerprint density at radius 3 is 1.13 bits per heavy atom. The lowest BCUT2D eigenvalue weighted by Crippen LogP contribution is -2.58. The minimum Gasteiger partial charge on any atom is -0.416 e. The number of amides is 2. The van der Waals surface area contributed by atoms with E-state index in [1.807, 2.05) is 41.5 Å². The first-order valence-corrected chi connectivity index (χ1v) is 13.8. The summed E-state index contributed by atoms with van der Waals surface area (Å²) in [4.78, 5) is 25.3. The summed E-state index contributed by atoms with van der Waals surface area (Å²) >= 11 is 0. The fraction of sp³-hybridized carbons (Fsp3) is 0.909. The van der Waals surface area contributed by atoms with Crippen LogP contribution in [0.2, 0.25) is 10.1 Å². The predicted octanol–water partition coefficient (Wildman–Crippen LogP) is 2.97. The molecule has 0 aliphatic heterocycles. The number of nitrogens with one attached hydrogen (secondary N) is 2. The highest BCUT2D eigenvalue weighted by Crippen LogP contribution is 2.27. The van der Waals surface area contributed by atoms with E-state index in [1.54, 1.807) is 0 Å². The summed E-state index contributed by atoms with van der Waals surface area (Å²) in [5.41, 5.74) is -1.04. The molecule has 0 rings (SSSR count). The molecule has 0 heterocycles. The molecular formula is C22H48N2O4Si2. The molecule has 0 aromatic rings. The summed E-state index contributed by atoms with van der Waals surface area (Å²) in [6.07, 6.45) is 1.38. The van der Waals surface area contributed by atoms with E-state index in [-0.39, 0.29) is 22.2 Å². The van der Waals surface area contributed by atoms with E-state index < -0.39 is 42.5 Å². The molecule has 178 valence electrons. The van der Waals surface area contributed by atoms with Crippen LogP contribution >= 0.6 is 0 Å². The van der Waals surface area contributed by atoms with Crippen LogP contribution in [-0.4, -0.2) is 54.6 Å². The number of rotatable bonds is 10. The minimum atomic E-state index is -0.783. The summed E-state index contributed by atoms with van der Waals surface area (Å²) in [5.74, 6) is -1.23. The first kappa shape index (κ1) is 29.3. The molecular weight excluding hydrogens is 412 g/mol. The molecule has 2 N–H and O–H groups in total. The summed E-state index contributed by atoms with van der Waals surface area (Å²) in [5, 5.41) is 6.11. The lowest BCUT2D eigenvalue weighted by molar-refractivity contribution is -0.141. The van der Waals surface area contributed by atoms with Gasteiger partial charge in [-0.1, -0.05) is 55.4 Å². The van der Waals surface area contributed by atoms with Gasteiger partial charge in [-0.2, -0.15) is 0 Å². The van der Waals surface area contributed by atoms with Gasteiger partial charge in [0.25, 0.3) is 0 Å². The molecule has 6 nitrogen and oxygen atoms in total. The van der Waals surface area contributed by atoms with Gasteiger partial charge in [0.15, 0.2) is 19.5 Å². The predicted molar refractivity (Wildman–Crippen MR) is 131 cm³/mol. The molecule has 0 bridgehead atoms. The molecule has 2 atom stereocenters. The fourth-order valence-corrected chi connectivity index (χ4v) is 5.00. The minimum absolute atomic E-state index is 0.160. The fourth-order valence-electron chi connectivity index (χ4n) is 2.99. The van der Waals surface area contributed by atoms with Gasteiger partial charge in [-0.3, -0.25) is 9.59 Å². The van der Waals surface area contributed by atoms with Crippen molar-refractivity contribution in [2.45, 2.75) is 129 Å². The van der Waals surface area contributed by atoms with E-state index >= 15 is 0 Å². The average molecular weight is 461 g/mol. The smallest absolute Gasteiger partial charge is 0.309 e. The maximum Gasteiger partial charge on any atom is 0.309 e. The molecule has 0 fully saturated rings. The third-order valence-corrected chi connectivity index (χ3v) is 8.57. The number of hydrogen-bond donors (Lipinski definition) is 2. The molecule has 0 aromatic heterocycles. The topological polar surface area (TPSA) is 76.7 Å². The average Bonchev–Trinajstić information content (AvgIpc) is 2.59. The van der Waals surface area contributed by atoms with Crippen molar-refractivity contribution in [1.29, 1.82) is 0 Å². The van der Waals surface area contributed by atoms with Crippen LogP contribution in [0.3, 0.4) is 0 Å². The molecule has 0 aromatic carbocycles. The van der Waals surface area contributed by atoms with Gasteiger partial charge in [0.1, 0.15) is 0 Å². The highest BCUT2D eigenvalue weighted by atomic mass is 28.2. The lowest BCUT2D eigenvalue weighted by atomic mass is 9.96. The summed E-state index contributed by atoms with van der Waals surface area (Å²) in [7, 11) is -1.57. The molecule has 0 spiro atoms. The van der Waals surface area contributed by atoms with Gasteiger partial charge in [0.2, 0.25) is 0 Å². The van der Waals surface area contributed by atoms with Crippen LogP contribution in [-0.2, 0) is 18.4 Å². The monoisotopic (exact) mass is 460 g/mol. The van der Waals surface area contributed by atoms with Crippen molar-refractivity contribution in [3.05, 3.63) is 0 Å². The molecule has 30 heavy (non-hydrogen) atoms. The van der Waals surface area contributed by atoms with Crippen LogP contribution in [0, 0.1) is 0 Å². The molecule has 8 heteroatoms. The number of carbonyl (C=O) groups is 2. The Hall–Kier alpha value is -0.706. The molecule has 0 saturated carbocycles. The molecule has 0 radical (unpaired) electrons. The van der Waals surface area contributed by atoms with Crippen molar-refractivity contribution in [3.8, 4) is 0 Å². The second-order valence-electron chi connectivity index (χ2n) is 11.8. The Labute approximate surface area is 189 Å². The first-order chi connectivity index (χ1) is 13.3. The van der Waals surface area contributed by atoms with Crippen molar-refractivity contribution >= 4 is 31.3 Å². The SMILES string of the molecule is CC[C@H](NC(=O)C(=O)N[C@@H](CC)C(C)(C)O[SiH2]C(C)(C)C)C(C)(C)O[SiH2]C(C)(C)C. The van der Waals surface area contributed by atoms with Gasteiger partial charge < -0.3 is 19.5 Å². The Bertz CT molecular complexity index is 516. The summed E-state index contributed by atoms with van der Waals surface area (Å²) in [6, 6.07) is -0.466. The molecule has 0 aliphatic carbocycles. The Morgan fingerprint density at radius 2 is 0.933 bits per heavy atom. The van der Waals surface area contributed by atoms with Gasteiger partial charge in [-0.05, 0) is 50.6 Å². The van der Waals surface area contributed by atoms with Gasteiger partial charge in [-0.25, -0.2) is 0 Å². The van der Waals surface area contributed by atoms with Crippen LogP contribution in [0.1, 0.15) is 95.9 Å². The Morgan fingerprint density at radius 1 is 0.667 bits per heavy atom. The zero-order valence-electron chi connectivity index (χ0n) is 21.6. The van der Waals surface area contributed by atoms with Crippen molar-refractivity contribution in [3.63, 3.8) is 0 Å². The molecule has 0 unspecified atom stereocenters. The Kier molecular flexibility index (Phi) is 11.0. The van der Waals surface area contributed by atoms with Gasteiger partial charge in [0.05, 0.1) is 23.3 Å². The van der Waals surface area contributed by atoms with E-state index in [0.29, 0.717) is 12.8 Å². The van der Waals surface area contributed by atoms with E-state index in [2.05, 4.69) is 52.2 Å². The van der Waals surface area contributed by atoms with Gasteiger partial charge in [-0.15, -0.1) is 0 Å². The Balaban J connectivity index is 5.06. The zero-order valence-corrected chi connectivity index (χ0v) is 24.4. The van der Waals surface area contributed by atoms with Crippen molar-refractivity contribution in [2.75, 3.05) is 0 Å². The van der Waals surface area contributed by atoms with Crippen molar-refractivity contribution < 1.29 is 18.4 Å². The van der Waals surface area contributed by atoms with Crippen LogP contribution in [0.5, 0.6) is 0 Å². The van der Waals surface area contributed by atoms with Crippen molar-refractivity contribution in [2.24, 2.45) is 0 Å². The quantitative estimate of drug-likeness (QED) is 0.388. The normalized spacial score (nSPS) is 16.3. The maximum absolute atomic E-state index is 12.7. The summed E-state index contributed by atoms with van der Waals surface area (Å²) < 4.78 is 12.4. The van der Waals surface area contributed by atoms with E-state index in [0.717, 1.165) is 0 Å². The number of hydrogen-bond acceptors (Lipinski definition) is 4. The first-order valence-electron chi connectivity index (χ1n) is 11.2. The van der Waals surface area contributed by atoms with E-state index in [4.69, 9.17) is 8.85 Å². The third-order valence-electron chi connectivity index (χ3n) is 5.07. The van der Waals surface area contributed by atoms with Crippen LogP contribution in [0.25, 0.3) is 0 Å². The van der Waals surface area contributed by atoms with Crippen molar-refractivity contribution in [1.82, 2.24) is 10.6 Å². The van der Waals surface area contributed by atoms with E-state index in [9.17, 15) is 9.59 Å².